The Kier molecular flexibility index (Phi) is 4.58. The number of thiazole rings is 1. The summed E-state index contributed by atoms with van der Waals surface area (Å²) in [6.45, 7) is 6.00. The smallest absolute Gasteiger partial charge is 0.120 e. The zero-order valence-corrected chi connectivity index (χ0v) is 13.3. The Bertz CT molecular complexity index is 633. The van der Waals surface area contributed by atoms with Crippen LogP contribution in [0.25, 0.3) is 0 Å². The average Bonchev–Trinajstić information content (AvgIpc) is 2.95. The number of hydrogen-bond donors (Lipinski definition) is 0. The molecule has 4 nitrogen and oxygen atoms in total. The third-order valence-corrected chi connectivity index (χ3v) is 4.76. The van der Waals surface area contributed by atoms with Gasteiger partial charge in [0.2, 0.25) is 0 Å². The van der Waals surface area contributed by atoms with Gasteiger partial charge in [-0.25, -0.2) is 4.98 Å². The summed E-state index contributed by atoms with van der Waals surface area (Å²) in [6, 6.07) is 4.22. The summed E-state index contributed by atoms with van der Waals surface area (Å²) in [6.07, 6.45) is 1.03. The molecule has 2 rings (SSSR count). The van der Waals surface area contributed by atoms with Crippen molar-refractivity contribution in [2.24, 2.45) is 7.05 Å². The fourth-order valence-electron chi connectivity index (χ4n) is 2.26. The predicted octanol–water partition coefficient (Wildman–Crippen LogP) is 2.64. The number of rotatable bonds is 5. The van der Waals surface area contributed by atoms with Crippen LogP contribution in [0.1, 0.15) is 27.5 Å². The van der Waals surface area contributed by atoms with Gasteiger partial charge < -0.3 is 9.47 Å². The lowest BCUT2D eigenvalue weighted by Crippen LogP contribution is -2.21. The van der Waals surface area contributed by atoms with E-state index in [4.69, 9.17) is 5.26 Å². The van der Waals surface area contributed by atoms with Crippen molar-refractivity contribution in [1.29, 1.82) is 5.26 Å². The highest BCUT2D eigenvalue weighted by molar-refractivity contribution is 7.09. The topological polar surface area (TPSA) is 44.9 Å². The Morgan fingerprint density at radius 2 is 2.20 bits per heavy atom. The zero-order chi connectivity index (χ0) is 14.7. The van der Waals surface area contributed by atoms with Gasteiger partial charge in [-0.15, -0.1) is 11.3 Å². The van der Waals surface area contributed by atoms with Gasteiger partial charge in [-0.3, -0.25) is 0 Å². The lowest BCUT2D eigenvalue weighted by atomic mass is 10.2. The van der Waals surface area contributed by atoms with E-state index in [2.05, 4.69) is 36.8 Å². The molecule has 0 atom stereocenters. The third kappa shape index (κ3) is 3.09. The summed E-state index contributed by atoms with van der Waals surface area (Å²) in [5, 5.41) is 9.06. The van der Waals surface area contributed by atoms with E-state index in [0.29, 0.717) is 0 Å². The van der Waals surface area contributed by atoms with Crippen molar-refractivity contribution in [3.05, 3.63) is 39.1 Å². The zero-order valence-electron chi connectivity index (χ0n) is 12.5. The Hall–Kier alpha value is -1.64. The van der Waals surface area contributed by atoms with Crippen molar-refractivity contribution in [3.63, 3.8) is 0 Å². The summed E-state index contributed by atoms with van der Waals surface area (Å²) in [5.41, 5.74) is 6.18. The molecule has 0 aliphatic carbocycles. The molecule has 106 valence electrons. The van der Waals surface area contributed by atoms with Crippen LogP contribution in [0.3, 0.4) is 0 Å². The number of nitriles is 1. The molecule has 2 aromatic heterocycles. The lowest BCUT2D eigenvalue weighted by molar-refractivity contribution is 0.331. The maximum atomic E-state index is 9.06. The van der Waals surface area contributed by atoms with Crippen LogP contribution in [0.2, 0.25) is 0 Å². The maximum absolute atomic E-state index is 9.06. The minimum absolute atomic E-state index is 0.726. The first kappa shape index (κ1) is 14.8. The summed E-state index contributed by atoms with van der Waals surface area (Å²) in [7, 11) is 4.06. The molecule has 0 spiro atoms. The van der Waals surface area contributed by atoms with Gasteiger partial charge in [-0.2, -0.15) is 5.26 Å². The monoisotopic (exact) mass is 288 g/mol. The van der Waals surface area contributed by atoms with Gasteiger partial charge >= 0.3 is 0 Å². The summed E-state index contributed by atoms with van der Waals surface area (Å²) in [5.74, 6) is 0. The Balaban J connectivity index is 1.97. The molecule has 2 aromatic rings. The Morgan fingerprint density at radius 3 is 2.75 bits per heavy atom. The van der Waals surface area contributed by atoms with Crippen LogP contribution >= 0.6 is 11.3 Å². The van der Waals surface area contributed by atoms with E-state index in [1.54, 1.807) is 11.3 Å². The highest BCUT2D eigenvalue weighted by Gasteiger charge is 2.11. The highest BCUT2D eigenvalue weighted by atomic mass is 32.1. The molecule has 0 saturated carbocycles. The van der Waals surface area contributed by atoms with E-state index >= 15 is 0 Å². The summed E-state index contributed by atoms with van der Waals surface area (Å²) in [4.78, 5) is 7.93. The maximum Gasteiger partial charge on any atom is 0.120 e. The summed E-state index contributed by atoms with van der Waals surface area (Å²) >= 11 is 1.73. The van der Waals surface area contributed by atoms with Crippen molar-refractivity contribution in [1.82, 2.24) is 14.5 Å². The molecule has 0 bridgehead atoms. The lowest BCUT2D eigenvalue weighted by Gasteiger charge is -2.16. The molecule has 0 radical (unpaired) electrons. The normalized spacial score (nSPS) is 11.0. The minimum Gasteiger partial charge on any atom is -0.340 e. The van der Waals surface area contributed by atoms with E-state index in [0.717, 1.165) is 30.9 Å². The van der Waals surface area contributed by atoms with Crippen molar-refractivity contribution < 1.29 is 0 Å². The van der Waals surface area contributed by atoms with Gasteiger partial charge in [-0.1, -0.05) is 0 Å². The van der Waals surface area contributed by atoms with Gasteiger partial charge in [0.05, 0.1) is 11.2 Å². The third-order valence-electron chi connectivity index (χ3n) is 3.76. The molecule has 0 N–H and O–H groups in total. The molecule has 0 aliphatic rings. The van der Waals surface area contributed by atoms with Crippen molar-refractivity contribution in [2.75, 3.05) is 13.6 Å². The molecule has 0 aliphatic heterocycles. The molecular formula is C15H20N4S. The van der Waals surface area contributed by atoms with Gasteiger partial charge in [0.1, 0.15) is 11.8 Å². The van der Waals surface area contributed by atoms with Crippen LogP contribution in [0.5, 0.6) is 0 Å². The van der Waals surface area contributed by atoms with Crippen molar-refractivity contribution in [3.8, 4) is 6.07 Å². The highest BCUT2D eigenvalue weighted by Crippen LogP contribution is 2.17. The van der Waals surface area contributed by atoms with E-state index in [1.807, 2.05) is 23.2 Å². The number of likely N-dealkylation sites (N-methyl/N-ethyl adjacent to an activating group) is 1. The van der Waals surface area contributed by atoms with Gasteiger partial charge in [0.25, 0.3) is 0 Å². The van der Waals surface area contributed by atoms with Gasteiger partial charge in [-0.05, 0) is 38.9 Å². The fraction of sp³-hybridized carbons (Fsp3) is 0.467. The number of aromatic nitrogens is 2. The van der Waals surface area contributed by atoms with Crippen LogP contribution in [-0.2, 0) is 20.0 Å². The van der Waals surface area contributed by atoms with Gasteiger partial charge in [0.15, 0.2) is 0 Å². The van der Waals surface area contributed by atoms with Crippen LogP contribution in [0, 0.1) is 25.2 Å². The second-order valence-electron chi connectivity index (χ2n) is 5.16. The molecular weight excluding hydrogens is 268 g/mol. The largest absolute Gasteiger partial charge is 0.340 e. The van der Waals surface area contributed by atoms with E-state index in [1.165, 1.54) is 16.1 Å². The van der Waals surface area contributed by atoms with E-state index in [-0.39, 0.29) is 0 Å². The van der Waals surface area contributed by atoms with Crippen LogP contribution in [0.15, 0.2) is 11.6 Å². The van der Waals surface area contributed by atoms with Crippen LogP contribution in [-0.4, -0.2) is 28.0 Å². The minimum atomic E-state index is 0.726. The SMILES string of the molecule is Cc1ncsc1CCN(C)Cc1cc(C#N)n(C)c1C. The van der Waals surface area contributed by atoms with Crippen LogP contribution < -0.4 is 0 Å². The average molecular weight is 288 g/mol. The molecule has 2 heterocycles. The van der Waals surface area contributed by atoms with Gasteiger partial charge in [0, 0.05) is 30.7 Å². The first-order chi connectivity index (χ1) is 9.52. The molecule has 0 saturated heterocycles. The second-order valence-corrected chi connectivity index (χ2v) is 6.10. The molecule has 0 aromatic carbocycles. The first-order valence-electron chi connectivity index (χ1n) is 6.65. The number of aryl methyl sites for hydroxylation is 1. The number of nitrogens with zero attached hydrogens (tertiary/aromatic N) is 4. The standard InChI is InChI=1S/C15H20N4S/c1-11-15(20-10-17-11)5-6-18(3)9-13-7-14(8-16)19(4)12(13)2/h7,10H,5-6,9H2,1-4H3. The second kappa shape index (κ2) is 6.21. The van der Waals surface area contributed by atoms with Crippen LogP contribution in [0.4, 0.5) is 0 Å². The van der Waals surface area contributed by atoms with Crippen molar-refractivity contribution in [2.45, 2.75) is 26.8 Å². The summed E-state index contributed by atoms with van der Waals surface area (Å²) < 4.78 is 1.95. The first-order valence-corrected chi connectivity index (χ1v) is 7.53. The molecule has 20 heavy (non-hydrogen) atoms. The molecule has 0 unspecified atom stereocenters. The molecule has 5 heteroatoms. The number of hydrogen-bond acceptors (Lipinski definition) is 4. The van der Waals surface area contributed by atoms with E-state index < -0.39 is 0 Å². The fourth-order valence-corrected chi connectivity index (χ4v) is 3.03. The van der Waals surface area contributed by atoms with E-state index in [9.17, 15) is 0 Å². The Labute approximate surface area is 124 Å². The molecule has 0 fully saturated rings. The van der Waals surface area contributed by atoms with Crippen molar-refractivity contribution >= 4 is 11.3 Å². The Morgan fingerprint density at radius 1 is 1.45 bits per heavy atom. The quantitative estimate of drug-likeness (QED) is 0.849. The molecule has 0 amide bonds. The predicted molar refractivity (Wildman–Crippen MR) is 81.8 cm³/mol.